The second-order valence-corrected chi connectivity index (χ2v) is 5.61. The molecule has 3 rings (SSSR count). The standard InChI is InChI=1S/C21H16N4O2/c1-15(26)24-20-11-10-19(14-23-20)25-21(27)17-6-4-5-16(13-17)8-9-18-7-2-3-12-22-18/h2-7,10-14H,1H3,(H,25,27)(H,23,24,26). The molecule has 6 heteroatoms. The lowest BCUT2D eigenvalue weighted by Gasteiger charge is -2.06. The van der Waals surface area contributed by atoms with Gasteiger partial charge < -0.3 is 10.6 Å². The molecule has 0 atom stereocenters. The summed E-state index contributed by atoms with van der Waals surface area (Å²) in [6.07, 6.45) is 3.16. The summed E-state index contributed by atoms with van der Waals surface area (Å²) in [5.74, 6) is 5.91. The summed E-state index contributed by atoms with van der Waals surface area (Å²) in [5.41, 5.74) is 2.39. The number of rotatable bonds is 3. The molecule has 132 valence electrons. The zero-order valence-corrected chi connectivity index (χ0v) is 14.6. The lowest BCUT2D eigenvalue weighted by atomic mass is 10.1. The van der Waals surface area contributed by atoms with Crippen LogP contribution < -0.4 is 10.6 Å². The minimum absolute atomic E-state index is 0.206. The average Bonchev–Trinajstić information content (AvgIpc) is 2.68. The normalized spacial score (nSPS) is 9.67. The van der Waals surface area contributed by atoms with E-state index in [1.807, 2.05) is 24.3 Å². The molecule has 0 radical (unpaired) electrons. The molecular weight excluding hydrogens is 340 g/mol. The Bertz CT molecular complexity index is 1020. The van der Waals surface area contributed by atoms with Crippen LogP contribution in [0.25, 0.3) is 0 Å². The molecule has 2 N–H and O–H groups in total. The van der Waals surface area contributed by atoms with Crippen LogP contribution >= 0.6 is 0 Å². The quantitative estimate of drug-likeness (QED) is 0.707. The maximum Gasteiger partial charge on any atom is 0.255 e. The molecule has 0 aliphatic heterocycles. The molecule has 0 bridgehead atoms. The second kappa shape index (κ2) is 8.41. The van der Waals surface area contributed by atoms with Gasteiger partial charge in [0.25, 0.3) is 5.91 Å². The van der Waals surface area contributed by atoms with Crippen LogP contribution in [0.2, 0.25) is 0 Å². The van der Waals surface area contributed by atoms with E-state index < -0.39 is 0 Å². The molecule has 0 spiro atoms. The molecule has 1 aromatic carbocycles. The number of aromatic nitrogens is 2. The summed E-state index contributed by atoms with van der Waals surface area (Å²) in [5, 5.41) is 5.33. The van der Waals surface area contributed by atoms with Gasteiger partial charge >= 0.3 is 0 Å². The third-order valence-corrected chi connectivity index (χ3v) is 3.45. The molecule has 0 saturated heterocycles. The first-order valence-corrected chi connectivity index (χ1v) is 8.18. The first kappa shape index (κ1) is 17.8. The maximum absolute atomic E-state index is 12.4. The number of hydrogen-bond donors (Lipinski definition) is 2. The van der Waals surface area contributed by atoms with E-state index in [4.69, 9.17) is 0 Å². The van der Waals surface area contributed by atoms with Crippen molar-refractivity contribution in [3.63, 3.8) is 0 Å². The van der Waals surface area contributed by atoms with Crippen molar-refractivity contribution in [1.29, 1.82) is 0 Å². The van der Waals surface area contributed by atoms with Gasteiger partial charge in [0.2, 0.25) is 5.91 Å². The van der Waals surface area contributed by atoms with Gasteiger partial charge in [-0.2, -0.15) is 0 Å². The number of nitrogens with zero attached hydrogens (tertiary/aromatic N) is 2. The Morgan fingerprint density at radius 1 is 0.926 bits per heavy atom. The Hall–Kier alpha value is -3.98. The Balaban J connectivity index is 1.70. The maximum atomic E-state index is 12.4. The highest BCUT2D eigenvalue weighted by atomic mass is 16.2. The summed E-state index contributed by atoms with van der Waals surface area (Å²) in [4.78, 5) is 31.7. The molecule has 2 amide bonds. The molecule has 0 aliphatic rings. The van der Waals surface area contributed by atoms with E-state index in [9.17, 15) is 9.59 Å². The molecular formula is C21H16N4O2. The summed E-state index contributed by atoms with van der Waals surface area (Å²) < 4.78 is 0. The zero-order chi connectivity index (χ0) is 19.1. The van der Waals surface area contributed by atoms with Gasteiger partial charge in [0.05, 0.1) is 11.9 Å². The molecule has 0 saturated carbocycles. The third-order valence-electron chi connectivity index (χ3n) is 3.45. The number of carbonyl (C=O) groups excluding carboxylic acids is 2. The van der Waals surface area contributed by atoms with Gasteiger partial charge in [0, 0.05) is 24.2 Å². The van der Waals surface area contributed by atoms with E-state index >= 15 is 0 Å². The largest absolute Gasteiger partial charge is 0.321 e. The lowest BCUT2D eigenvalue weighted by molar-refractivity contribution is -0.114. The molecule has 0 fully saturated rings. The van der Waals surface area contributed by atoms with Gasteiger partial charge in [-0.25, -0.2) is 9.97 Å². The van der Waals surface area contributed by atoms with Crippen molar-refractivity contribution in [2.24, 2.45) is 0 Å². The number of nitrogens with one attached hydrogen (secondary N) is 2. The van der Waals surface area contributed by atoms with Crippen molar-refractivity contribution in [2.45, 2.75) is 6.92 Å². The molecule has 3 aromatic rings. The van der Waals surface area contributed by atoms with Crippen LogP contribution in [0.4, 0.5) is 11.5 Å². The molecule has 0 aliphatic carbocycles. The Labute approximate surface area is 156 Å². The van der Waals surface area contributed by atoms with Gasteiger partial charge in [0.15, 0.2) is 0 Å². The third kappa shape index (κ3) is 5.25. The number of amides is 2. The monoisotopic (exact) mass is 356 g/mol. The average molecular weight is 356 g/mol. The summed E-state index contributed by atoms with van der Waals surface area (Å²) in [7, 11) is 0. The molecule has 0 unspecified atom stereocenters. The SMILES string of the molecule is CC(=O)Nc1ccc(NC(=O)c2cccc(C#Cc3ccccn3)c2)cn1. The highest BCUT2D eigenvalue weighted by molar-refractivity contribution is 6.04. The second-order valence-electron chi connectivity index (χ2n) is 5.61. The fraction of sp³-hybridized carbons (Fsp3) is 0.0476. The number of hydrogen-bond acceptors (Lipinski definition) is 4. The minimum atomic E-state index is -0.273. The van der Waals surface area contributed by atoms with Crippen LogP contribution in [0.3, 0.4) is 0 Å². The van der Waals surface area contributed by atoms with Crippen LogP contribution in [-0.4, -0.2) is 21.8 Å². The molecule has 6 nitrogen and oxygen atoms in total. The van der Waals surface area contributed by atoms with Crippen LogP contribution in [-0.2, 0) is 4.79 Å². The number of pyridine rings is 2. The van der Waals surface area contributed by atoms with Crippen LogP contribution in [0.5, 0.6) is 0 Å². The highest BCUT2D eigenvalue weighted by Crippen LogP contribution is 2.12. The van der Waals surface area contributed by atoms with E-state index in [1.54, 1.807) is 36.5 Å². The topological polar surface area (TPSA) is 84.0 Å². The fourth-order valence-electron chi connectivity index (χ4n) is 2.24. The summed E-state index contributed by atoms with van der Waals surface area (Å²) in [6, 6.07) is 15.8. The van der Waals surface area contributed by atoms with Gasteiger partial charge in [-0.3, -0.25) is 9.59 Å². The Morgan fingerprint density at radius 2 is 1.81 bits per heavy atom. The van der Waals surface area contributed by atoms with Crippen molar-refractivity contribution in [2.75, 3.05) is 10.6 Å². The predicted molar refractivity (Wildman–Crippen MR) is 103 cm³/mol. The molecule has 2 aromatic heterocycles. The molecule has 2 heterocycles. The van der Waals surface area contributed by atoms with Gasteiger partial charge in [-0.05, 0) is 48.4 Å². The zero-order valence-electron chi connectivity index (χ0n) is 14.6. The van der Waals surface area contributed by atoms with E-state index in [2.05, 4.69) is 32.4 Å². The number of anilines is 2. The minimum Gasteiger partial charge on any atom is -0.321 e. The van der Waals surface area contributed by atoms with Gasteiger partial charge in [-0.15, -0.1) is 0 Å². The number of carbonyl (C=O) groups is 2. The van der Waals surface area contributed by atoms with Crippen molar-refractivity contribution >= 4 is 23.3 Å². The van der Waals surface area contributed by atoms with Crippen molar-refractivity contribution in [1.82, 2.24) is 9.97 Å². The first-order chi connectivity index (χ1) is 13.1. The predicted octanol–water partition coefficient (Wildman–Crippen LogP) is 3.09. The van der Waals surface area contributed by atoms with Crippen LogP contribution in [0.1, 0.15) is 28.5 Å². The van der Waals surface area contributed by atoms with Crippen LogP contribution in [0.15, 0.2) is 67.0 Å². The summed E-state index contributed by atoms with van der Waals surface area (Å²) >= 11 is 0. The van der Waals surface area contributed by atoms with E-state index in [-0.39, 0.29) is 11.8 Å². The first-order valence-electron chi connectivity index (χ1n) is 8.18. The van der Waals surface area contributed by atoms with E-state index in [1.165, 1.54) is 13.1 Å². The van der Waals surface area contributed by atoms with Crippen LogP contribution in [0, 0.1) is 11.8 Å². The fourth-order valence-corrected chi connectivity index (χ4v) is 2.24. The lowest BCUT2D eigenvalue weighted by Crippen LogP contribution is -2.13. The molecule has 27 heavy (non-hydrogen) atoms. The highest BCUT2D eigenvalue weighted by Gasteiger charge is 2.07. The van der Waals surface area contributed by atoms with Gasteiger partial charge in [0.1, 0.15) is 11.5 Å². The van der Waals surface area contributed by atoms with Crippen molar-refractivity contribution < 1.29 is 9.59 Å². The van der Waals surface area contributed by atoms with E-state index in [0.717, 1.165) is 0 Å². The van der Waals surface area contributed by atoms with Crippen molar-refractivity contribution in [3.8, 4) is 11.8 Å². The smallest absolute Gasteiger partial charge is 0.255 e. The van der Waals surface area contributed by atoms with E-state index in [0.29, 0.717) is 28.3 Å². The van der Waals surface area contributed by atoms with Gasteiger partial charge in [-0.1, -0.05) is 18.1 Å². The van der Waals surface area contributed by atoms with Crippen molar-refractivity contribution in [3.05, 3.63) is 83.8 Å². The Kier molecular flexibility index (Phi) is 5.55. The Morgan fingerprint density at radius 3 is 2.52 bits per heavy atom. The summed E-state index contributed by atoms with van der Waals surface area (Å²) in [6.45, 7) is 1.40. The number of benzene rings is 1.